The fraction of sp³-hybridized carbons (Fsp3) is 0.231. The van der Waals surface area contributed by atoms with Crippen molar-refractivity contribution in [2.45, 2.75) is 6.42 Å². The van der Waals surface area contributed by atoms with Crippen LogP contribution in [0, 0.1) is 0 Å². The van der Waals surface area contributed by atoms with E-state index >= 15 is 0 Å². The lowest BCUT2D eigenvalue weighted by molar-refractivity contribution is 0.947. The zero-order valence-electron chi connectivity index (χ0n) is 9.63. The number of nitrogens with zero attached hydrogens (tertiary/aromatic N) is 3. The van der Waals surface area contributed by atoms with Gasteiger partial charge in [-0.2, -0.15) is 0 Å². The molecule has 0 fully saturated rings. The van der Waals surface area contributed by atoms with E-state index in [0.717, 1.165) is 18.7 Å². The van der Waals surface area contributed by atoms with Gasteiger partial charge in [-0.15, -0.1) is 0 Å². The van der Waals surface area contributed by atoms with Crippen LogP contribution in [0.1, 0.15) is 5.56 Å². The molecule has 3 rings (SSSR count). The van der Waals surface area contributed by atoms with Crippen molar-refractivity contribution >= 4 is 5.69 Å². The summed E-state index contributed by atoms with van der Waals surface area (Å²) in [4.78, 5) is 17.7. The molecule has 0 radical (unpaired) electrons. The number of benzene rings is 1. The van der Waals surface area contributed by atoms with E-state index in [1.54, 1.807) is 17.0 Å². The van der Waals surface area contributed by atoms with Crippen LogP contribution >= 0.6 is 0 Å². The summed E-state index contributed by atoms with van der Waals surface area (Å²) in [6, 6.07) is 6.13. The summed E-state index contributed by atoms with van der Waals surface area (Å²) >= 11 is 0. The van der Waals surface area contributed by atoms with E-state index in [9.17, 15) is 4.79 Å². The normalized spacial score (nSPS) is 13.8. The van der Waals surface area contributed by atoms with Crippen LogP contribution in [0.15, 0.2) is 41.6 Å². The summed E-state index contributed by atoms with van der Waals surface area (Å²) in [7, 11) is 2.09. The lowest BCUT2D eigenvalue weighted by Gasteiger charge is -2.12. The van der Waals surface area contributed by atoms with Gasteiger partial charge in [-0.1, -0.05) is 0 Å². The minimum absolute atomic E-state index is 0.0983. The average Bonchev–Trinajstić information content (AvgIpc) is 2.71. The number of hydrogen-bond donors (Lipinski definition) is 0. The van der Waals surface area contributed by atoms with Gasteiger partial charge in [-0.25, -0.2) is 0 Å². The van der Waals surface area contributed by atoms with Crippen LogP contribution < -0.4 is 10.5 Å². The maximum absolute atomic E-state index is 11.7. The zero-order valence-corrected chi connectivity index (χ0v) is 9.63. The summed E-state index contributed by atoms with van der Waals surface area (Å²) in [5.74, 6) is 0. The highest BCUT2D eigenvalue weighted by molar-refractivity contribution is 5.60. The number of fused-ring (bicyclic) bond motifs is 1. The highest BCUT2D eigenvalue weighted by Gasteiger charge is 2.15. The first-order valence-electron chi connectivity index (χ1n) is 5.63. The van der Waals surface area contributed by atoms with Gasteiger partial charge < -0.3 is 4.90 Å². The van der Waals surface area contributed by atoms with Gasteiger partial charge in [0.1, 0.15) is 0 Å². The molecule has 0 saturated carbocycles. The molecule has 4 heteroatoms. The van der Waals surface area contributed by atoms with Crippen molar-refractivity contribution in [2.24, 2.45) is 0 Å². The zero-order chi connectivity index (χ0) is 11.8. The van der Waals surface area contributed by atoms with Crippen molar-refractivity contribution < 1.29 is 0 Å². The van der Waals surface area contributed by atoms with E-state index < -0.39 is 0 Å². The molecule has 17 heavy (non-hydrogen) atoms. The van der Waals surface area contributed by atoms with Crippen molar-refractivity contribution in [3.05, 3.63) is 52.7 Å². The summed E-state index contributed by atoms with van der Waals surface area (Å²) in [6.07, 6.45) is 5.70. The molecule has 86 valence electrons. The predicted octanol–water partition coefficient (Wildman–Crippen LogP) is 1.22. The Morgan fingerprint density at radius 3 is 3.06 bits per heavy atom. The number of likely N-dealkylation sites (N-methyl/N-ethyl adjacent to an activating group) is 1. The van der Waals surface area contributed by atoms with Gasteiger partial charge in [-0.05, 0) is 30.2 Å². The molecule has 4 nitrogen and oxygen atoms in total. The molecule has 0 spiro atoms. The van der Waals surface area contributed by atoms with Gasteiger partial charge >= 0.3 is 0 Å². The highest BCUT2D eigenvalue weighted by atomic mass is 16.1. The first-order chi connectivity index (χ1) is 8.25. The van der Waals surface area contributed by atoms with E-state index in [0.29, 0.717) is 0 Å². The largest absolute Gasteiger partial charge is 0.374 e. The van der Waals surface area contributed by atoms with Gasteiger partial charge in [0, 0.05) is 37.4 Å². The molecule has 0 saturated heterocycles. The van der Waals surface area contributed by atoms with Crippen molar-refractivity contribution in [1.82, 2.24) is 9.55 Å². The summed E-state index contributed by atoms with van der Waals surface area (Å²) in [5, 5.41) is 0. The Bertz CT molecular complexity index is 618. The topological polar surface area (TPSA) is 38.1 Å². The molecule has 2 aromatic rings. The van der Waals surface area contributed by atoms with Gasteiger partial charge in [0.25, 0.3) is 5.56 Å². The third-order valence-electron chi connectivity index (χ3n) is 3.19. The molecular formula is C13H13N3O. The molecule has 1 aliphatic heterocycles. The van der Waals surface area contributed by atoms with Gasteiger partial charge in [-0.3, -0.25) is 14.3 Å². The maximum atomic E-state index is 11.7. The van der Waals surface area contributed by atoms with Crippen molar-refractivity contribution in [3.8, 4) is 5.69 Å². The molecule has 0 atom stereocenters. The van der Waals surface area contributed by atoms with Crippen molar-refractivity contribution in [1.29, 1.82) is 0 Å². The van der Waals surface area contributed by atoms with Gasteiger partial charge in [0.2, 0.25) is 0 Å². The Hall–Kier alpha value is -2.10. The lowest BCUT2D eigenvalue weighted by Crippen LogP contribution is -2.17. The van der Waals surface area contributed by atoms with Crippen LogP contribution in [-0.4, -0.2) is 23.1 Å². The van der Waals surface area contributed by atoms with Crippen LogP contribution in [0.25, 0.3) is 5.69 Å². The average molecular weight is 227 g/mol. The Kier molecular flexibility index (Phi) is 2.21. The standard InChI is InChI=1S/C13H13N3O/c1-15-6-4-10-8-11(2-3-12(10)15)16-7-5-14-9-13(16)17/h2-3,5,7-9H,4,6H2,1H3. The molecule has 0 unspecified atom stereocenters. The smallest absolute Gasteiger partial charge is 0.273 e. The van der Waals surface area contributed by atoms with Gasteiger partial charge in [0.05, 0.1) is 6.20 Å². The Morgan fingerprint density at radius 2 is 2.24 bits per heavy atom. The third-order valence-corrected chi connectivity index (χ3v) is 3.19. The second kappa shape index (κ2) is 3.73. The summed E-state index contributed by atoms with van der Waals surface area (Å²) in [6.45, 7) is 1.05. The van der Waals surface area contributed by atoms with Crippen molar-refractivity contribution in [3.63, 3.8) is 0 Å². The number of anilines is 1. The highest BCUT2D eigenvalue weighted by Crippen LogP contribution is 2.28. The van der Waals surface area contributed by atoms with Crippen molar-refractivity contribution in [2.75, 3.05) is 18.5 Å². The van der Waals surface area contributed by atoms with E-state index in [1.807, 2.05) is 6.07 Å². The van der Waals surface area contributed by atoms with Crippen LogP contribution in [-0.2, 0) is 6.42 Å². The molecule has 1 aromatic heterocycles. The first-order valence-corrected chi connectivity index (χ1v) is 5.63. The summed E-state index contributed by atoms with van der Waals surface area (Å²) < 4.78 is 1.62. The van der Waals surface area contributed by atoms with E-state index in [4.69, 9.17) is 0 Å². The first kappa shape index (κ1) is 10.1. The van der Waals surface area contributed by atoms with Crippen LogP contribution in [0.2, 0.25) is 0 Å². The molecular weight excluding hydrogens is 214 g/mol. The molecule has 1 aliphatic rings. The third kappa shape index (κ3) is 1.62. The lowest BCUT2D eigenvalue weighted by atomic mass is 10.1. The Balaban J connectivity index is 2.12. The van der Waals surface area contributed by atoms with Gasteiger partial charge in [0.15, 0.2) is 0 Å². The number of hydrogen-bond acceptors (Lipinski definition) is 3. The van der Waals surface area contributed by atoms with Crippen LogP contribution in [0.4, 0.5) is 5.69 Å². The molecule has 0 amide bonds. The molecule has 0 N–H and O–H groups in total. The van der Waals surface area contributed by atoms with Crippen LogP contribution in [0.3, 0.4) is 0 Å². The minimum atomic E-state index is -0.0983. The van der Waals surface area contributed by atoms with E-state index in [-0.39, 0.29) is 5.56 Å². The fourth-order valence-corrected chi connectivity index (χ4v) is 2.26. The second-order valence-electron chi connectivity index (χ2n) is 4.27. The SMILES string of the molecule is CN1CCc2cc(-n3ccncc3=O)ccc21. The Morgan fingerprint density at radius 1 is 1.35 bits per heavy atom. The summed E-state index contributed by atoms with van der Waals surface area (Å²) in [5.41, 5.74) is 3.37. The monoisotopic (exact) mass is 227 g/mol. The molecule has 1 aromatic carbocycles. The quantitative estimate of drug-likeness (QED) is 0.735. The number of rotatable bonds is 1. The molecule has 0 bridgehead atoms. The Labute approximate surface area is 99.1 Å². The second-order valence-corrected chi connectivity index (χ2v) is 4.27. The van der Waals surface area contributed by atoms with E-state index in [2.05, 4.69) is 29.1 Å². The predicted molar refractivity (Wildman–Crippen MR) is 66.8 cm³/mol. The molecule has 2 heterocycles. The maximum Gasteiger partial charge on any atom is 0.273 e. The minimum Gasteiger partial charge on any atom is -0.374 e. The molecule has 0 aliphatic carbocycles. The van der Waals surface area contributed by atoms with E-state index in [1.165, 1.54) is 17.4 Å². The fourth-order valence-electron chi connectivity index (χ4n) is 2.26. The van der Waals surface area contributed by atoms with Crippen LogP contribution in [0.5, 0.6) is 0 Å². The number of aromatic nitrogens is 2.